The summed E-state index contributed by atoms with van der Waals surface area (Å²) in [5.74, 6) is 0. The van der Waals surface area contributed by atoms with Gasteiger partial charge in [0.05, 0.1) is 6.54 Å². The van der Waals surface area contributed by atoms with Gasteiger partial charge in [-0.05, 0) is 30.3 Å². The molecule has 18 heavy (non-hydrogen) atoms. The van der Waals surface area contributed by atoms with Crippen LogP contribution in [-0.2, 0) is 13.1 Å². The standard InChI is InChI=1S/C14H20N4/c1-2-17(10-11-18-9-3-8-16-18)12-13-4-6-14(15)7-5-13/h3-9H,2,10-12,15H2,1H3. The van der Waals surface area contributed by atoms with E-state index < -0.39 is 0 Å². The Hall–Kier alpha value is -1.81. The first-order chi connectivity index (χ1) is 8.78. The molecule has 2 N–H and O–H groups in total. The number of aromatic nitrogens is 2. The molecule has 4 heteroatoms. The smallest absolute Gasteiger partial charge is 0.0536 e. The number of hydrogen-bond donors (Lipinski definition) is 1. The largest absolute Gasteiger partial charge is 0.399 e. The zero-order valence-electron chi connectivity index (χ0n) is 10.8. The van der Waals surface area contributed by atoms with Gasteiger partial charge in [-0.2, -0.15) is 5.10 Å². The Balaban J connectivity index is 1.87. The number of nitrogen functional groups attached to an aromatic ring is 1. The lowest BCUT2D eigenvalue weighted by Gasteiger charge is -2.20. The molecule has 1 aromatic carbocycles. The summed E-state index contributed by atoms with van der Waals surface area (Å²) in [7, 11) is 0. The molecule has 0 aliphatic heterocycles. The third kappa shape index (κ3) is 3.60. The second-order valence-electron chi connectivity index (χ2n) is 4.38. The fourth-order valence-electron chi connectivity index (χ4n) is 1.91. The van der Waals surface area contributed by atoms with Crippen LogP contribution in [-0.4, -0.2) is 27.8 Å². The van der Waals surface area contributed by atoms with Crippen molar-refractivity contribution < 1.29 is 0 Å². The minimum absolute atomic E-state index is 0.818. The van der Waals surface area contributed by atoms with Crippen LogP contribution < -0.4 is 5.73 Å². The lowest BCUT2D eigenvalue weighted by molar-refractivity contribution is 0.263. The molecule has 0 unspecified atom stereocenters. The molecule has 0 aliphatic carbocycles. The van der Waals surface area contributed by atoms with Crippen molar-refractivity contribution in [2.45, 2.75) is 20.0 Å². The highest BCUT2D eigenvalue weighted by atomic mass is 15.3. The van der Waals surface area contributed by atoms with E-state index in [-0.39, 0.29) is 0 Å². The maximum atomic E-state index is 5.69. The molecule has 2 aromatic rings. The van der Waals surface area contributed by atoms with Crippen LogP contribution in [0.2, 0.25) is 0 Å². The van der Waals surface area contributed by atoms with Gasteiger partial charge in [0.25, 0.3) is 0 Å². The quantitative estimate of drug-likeness (QED) is 0.790. The molecule has 0 saturated carbocycles. The molecular formula is C14H20N4. The van der Waals surface area contributed by atoms with Gasteiger partial charge in [-0.3, -0.25) is 9.58 Å². The summed E-state index contributed by atoms with van der Waals surface area (Å²) in [5.41, 5.74) is 7.80. The molecule has 0 bridgehead atoms. The van der Waals surface area contributed by atoms with Gasteiger partial charge < -0.3 is 5.73 Å². The van der Waals surface area contributed by atoms with Crippen LogP contribution in [0.3, 0.4) is 0 Å². The molecule has 0 amide bonds. The van der Waals surface area contributed by atoms with Crippen LogP contribution in [0.5, 0.6) is 0 Å². The summed E-state index contributed by atoms with van der Waals surface area (Å²) in [4.78, 5) is 2.40. The molecule has 0 aliphatic rings. The third-order valence-electron chi connectivity index (χ3n) is 3.04. The fourth-order valence-corrected chi connectivity index (χ4v) is 1.91. The summed E-state index contributed by atoms with van der Waals surface area (Å²) in [6.45, 7) is 6.10. The van der Waals surface area contributed by atoms with Gasteiger partial charge in [-0.1, -0.05) is 19.1 Å². The van der Waals surface area contributed by atoms with Crippen LogP contribution in [0.1, 0.15) is 12.5 Å². The predicted molar refractivity (Wildman–Crippen MR) is 74.0 cm³/mol. The van der Waals surface area contributed by atoms with E-state index in [1.807, 2.05) is 35.3 Å². The van der Waals surface area contributed by atoms with E-state index in [4.69, 9.17) is 5.73 Å². The van der Waals surface area contributed by atoms with Gasteiger partial charge in [0.1, 0.15) is 0 Å². The number of benzene rings is 1. The predicted octanol–water partition coefficient (Wildman–Crippen LogP) is 1.99. The Morgan fingerprint density at radius 3 is 2.67 bits per heavy atom. The summed E-state index contributed by atoms with van der Waals surface area (Å²) >= 11 is 0. The second-order valence-corrected chi connectivity index (χ2v) is 4.38. The van der Waals surface area contributed by atoms with Crippen molar-refractivity contribution >= 4 is 5.69 Å². The minimum Gasteiger partial charge on any atom is -0.399 e. The number of nitrogens with zero attached hydrogens (tertiary/aromatic N) is 3. The van der Waals surface area contributed by atoms with Crippen LogP contribution in [0.15, 0.2) is 42.7 Å². The van der Waals surface area contributed by atoms with Crippen molar-refractivity contribution in [2.24, 2.45) is 0 Å². The van der Waals surface area contributed by atoms with Crippen molar-refractivity contribution in [3.8, 4) is 0 Å². The minimum atomic E-state index is 0.818. The van der Waals surface area contributed by atoms with E-state index in [2.05, 4.69) is 29.1 Å². The summed E-state index contributed by atoms with van der Waals surface area (Å²) in [6, 6.07) is 10.0. The Morgan fingerprint density at radius 1 is 1.28 bits per heavy atom. The molecule has 1 aromatic heterocycles. The van der Waals surface area contributed by atoms with Crippen LogP contribution in [0.4, 0.5) is 5.69 Å². The maximum absolute atomic E-state index is 5.69. The topological polar surface area (TPSA) is 47.1 Å². The maximum Gasteiger partial charge on any atom is 0.0536 e. The highest BCUT2D eigenvalue weighted by Gasteiger charge is 2.04. The second kappa shape index (κ2) is 6.21. The van der Waals surface area contributed by atoms with Crippen LogP contribution in [0, 0.1) is 0 Å². The Morgan fingerprint density at radius 2 is 2.06 bits per heavy atom. The van der Waals surface area contributed by atoms with Gasteiger partial charge in [0, 0.05) is 31.2 Å². The van der Waals surface area contributed by atoms with E-state index in [0.717, 1.165) is 31.9 Å². The Kier molecular flexibility index (Phi) is 4.36. The molecule has 0 saturated heterocycles. The highest BCUT2D eigenvalue weighted by molar-refractivity contribution is 5.39. The van der Waals surface area contributed by atoms with Crippen molar-refractivity contribution in [3.63, 3.8) is 0 Å². The van der Waals surface area contributed by atoms with E-state index in [0.29, 0.717) is 0 Å². The number of likely N-dealkylation sites (N-methyl/N-ethyl adjacent to an activating group) is 1. The normalized spacial score (nSPS) is 11.0. The van der Waals surface area contributed by atoms with Crippen molar-refractivity contribution in [1.29, 1.82) is 0 Å². The fraction of sp³-hybridized carbons (Fsp3) is 0.357. The van der Waals surface area contributed by atoms with Gasteiger partial charge in [0.2, 0.25) is 0 Å². The molecule has 1 heterocycles. The van der Waals surface area contributed by atoms with E-state index in [9.17, 15) is 0 Å². The average Bonchev–Trinajstić information content (AvgIpc) is 2.90. The lowest BCUT2D eigenvalue weighted by atomic mass is 10.2. The van der Waals surface area contributed by atoms with Crippen LogP contribution in [0.25, 0.3) is 0 Å². The van der Waals surface area contributed by atoms with E-state index in [1.165, 1.54) is 5.56 Å². The molecular weight excluding hydrogens is 224 g/mol. The molecule has 0 atom stereocenters. The first-order valence-electron chi connectivity index (χ1n) is 6.32. The SMILES string of the molecule is CCN(CCn1cccn1)Cc1ccc(N)cc1. The average molecular weight is 244 g/mol. The third-order valence-corrected chi connectivity index (χ3v) is 3.04. The first kappa shape index (κ1) is 12.6. The number of hydrogen-bond acceptors (Lipinski definition) is 3. The van der Waals surface area contributed by atoms with Gasteiger partial charge in [-0.15, -0.1) is 0 Å². The summed E-state index contributed by atoms with van der Waals surface area (Å²) < 4.78 is 1.96. The molecule has 0 fully saturated rings. The zero-order chi connectivity index (χ0) is 12.8. The lowest BCUT2D eigenvalue weighted by Crippen LogP contribution is -2.27. The van der Waals surface area contributed by atoms with E-state index in [1.54, 1.807) is 0 Å². The van der Waals surface area contributed by atoms with Gasteiger partial charge in [0.15, 0.2) is 0 Å². The molecule has 0 spiro atoms. The van der Waals surface area contributed by atoms with Gasteiger partial charge >= 0.3 is 0 Å². The zero-order valence-corrected chi connectivity index (χ0v) is 10.8. The number of nitrogens with two attached hydrogens (primary N) is 1. The van der Waals surface area contributed by atoms with Gasteiger partial charge in [-0.25, -0.2) is 0 Å². The summed E-state index contributed by atoms with van der Waals surface area (Å²) in [6.07, 6.45) is 3.81. The Labute approximate surface area is 108 Å². The molecule has 4 nitrogen and oxygen atoms in total. The van der Waals surface area contributed by atoms with Crippen molar-refractivity contribution in [2.75, 3.05) is 18.8 Å². The van der Waals surface area contributed by atoms with Crippen molar-refractivity contribution in [1.82, 2.24) is 14.7 Å². The number of anilines is 1. The van der Waals surface area contributed by atoms with Crippen LogP contribution >= 0.6 is 0 Å². The molecule has 2 rings (SSSR count). The summed E-state index contributed by atoms with van der Waals surface area (Å²) in [5, 5.41) is 4.21. The Bertz CT molecular complexity index is 447. The number of rotatable bonds is 6. The highest BCUT2D eigenvalue weighted by Crippen LogP contribution is 2.08. The molecule has 96 valence electrons. The first-order valence-corrected chi connectivity index (χ1v) is 6.32. The molecule has 0 radical (unpaired) electrons. The van der Waals surface area contributed by atoms with Crippen molar-refractivity contribution in [3.05, 3.63) is 48.3 Å². The monoisotopic (exact) mass is 244 g/mol. The van der Waals surface area contributed by atoms with E-state index >= 15 is 0 Å².